The third-order valence-corrected chi connectivity index (χ3v) is 5.20. The number of fused-ring (bicyclic) bond motifs is 1. The third kappa shape index (κ3) is 5.72. The van der Waals surface area contributed by atoms with Gasteiger partial charge >= 0.3 is 0 Å². The molecule has 0 spiro atoms. The Morgan fingerprint density at radius 3 is 2.73 bits per heavy atom. The van der Waals surface area contributed by atoms with Gasteiger partial charge in [0.15, 0.2) is 11.6 Å². The Morgan fingerprint density at radius 1 is 1.20 bits per heavy atom. The van der Waals surface area contributed by atoms with Crippen LogP contribution in [0.15, 0.2) is 12.4 Å². The number of carbonyl (C=O) groups excluding carboxylic acids is 2. The number of ketones is 1. The first-order valence-corrected chi connectivity index (χ1v) is 10.9. The molecule has 30 heavy (non-hydrogen) atoms. The Hall–Kier alpha value is -2.61. The number of aryl methyl sites for hydroxylation is 3. The molecular formula is C22H31N5O3. The monoisotopic (exact) mass is 413 g/mol. The zero-order valence-electron chi connectivity index (χ0n) is 17.9. The molecule has 0 bridgehead atoms. The molecule has 1 aliphatic rings. The van der Waals surface area contributed by atoms with E-state index in [-0.39, 0.29) is 17.5 Å². The molecule has 162 valence electrons. The number of ether oxygens (including phenoxy) is 1. The van der Waals surface area contributed by atoms with Crippen LogP contribution in [0.2, 0.25) is 0 Å². The lowest BCUT2D eigenvalue weighted by Crippen LogP contribution is -2.26. The van der Waals surface area contributed by atoms with Crippen molar-refractivity contribution in [3.63, 3.8) is 0 Å². The van der Waals surface area contributed by atoms with Gasteiger partial charge in [0, 0.05) is 45.1 Å². The third-order valence-electron chi connectivity index (χ3n) is 5.20. The summed E-state index contributed by atoms with van der Waals surface area (Å²) in [6, 6.07) is 0. The number of rotatable bonds is 7. The summed E-state index contributed by atoms with van der Waals surface area (Å²) >= 11 is 0. The van der Waals surface area contributed by atoms with E-state index in [4.69, 9.17) is 9.84 Å². The van der Waals surface area contributed by atoms with Gasteiger partial charge in [-0.15, -0.1) is 0 Å². The zero-order chi connectivity index (χ0) is 21.3. The number of amides is 1. The Balaban J connectivity index is 1.64. The molecule has 1 amide bonds. The van der Waals surface area contributed by atoms with Crippen molar-refractivity contribution in [3.8, 4) is 0 Å². The highest BCUT2D eigenvalue weighted by atomic mass is 16.5. The van der Waals surface area contributed by atoms with E-state index in [1.807, 2.05) is 18.5 Å². The smallest absolute Gasteiger partial charge is 0.255 e. The summed E-state index contributed by atoms with van der Waals surface area (Å²) in [4.78, 5) is 33.2. The van der Waals surface area contributed by atoms with Crippen molar-refractivity contribution in [1.29, 1.82) is 0 Å². The van der Waals surface area contributed by atoms with Crippen molar-refractivity contribution in [1.82, 2.24) is 25.1 Å². The number of nitrogens with one attached hydrogen (secondary N) is 1. The molecule has 1 N–H and O–H groups in total. The van der Waals surface area contributed by atoms with Crippen molar-refractivity contribution < 1.29 is 14.3 Å². The van der Waals surface area contributed by atoms with Crippen LogP contribution in [0.25, 0.3) is 0 Å². The van der Waals surface area contributed by atoms with Crippen LogP contribution in [0.5, 0.6) is 0 Å². The van der Waals surface area contributed by atoms with Crippen LogP contribution < -0.4 is 5.32 Å². The van der Waals surface area contributed by atoms with Gasteiger partial charge in [-0.2, -0.15) is 5.10 Å². The highest BCUT2D eigenvalue weighted by molar-refractivity contribution is 5.96. The number of unbranched alkanes of at least 4 members (excludes halogenated alkanes) is 1. The average molecular weight is 414 g/mol. The minimum absolute atomic E-state index is 0.0401. The average Bonchev–Trinajstić information content (AvgIpc) is 3.08. The van der Waals surface area contributed by atoms with E-state index >= 15 is 0 Å². The van der Waals surface area contributed by atoms with Gasteiger partial charge in [-0.25, -0.2) is 9.97 Å². The lowest BCUT2D eigenvalue weighted by atomic mass is 10.1. The van der Waals surface area contributed by atoms with Gasteiger partial charge in [0.1, 0.15) is 0 Å². The zero-order valence-corrected chi connectivity index (χ0v) is 17.9. The summed E-state index contributed by atoms with van der Waals surface area (Å²) in [7, 11) is 0. The molecule has 8 heteroatoms. The molecule has 3 heterocycles. The van der Waals surface area contributed by atoms with Gasteiger partial charge in [-0.3, -0.25) is 14.3 Å². The molecule has 0 radical (unpaired) electrons. The molecular weight excluding hydrogens is 382 g/mol. The Kier molecular flexibility index (Phi) is 8.07. The number of hydrogen-bond acceptors (Lipinski definition) is 6. The fraction of sp³-hybridized carbons (Fsp3) is 0.591. The molecule has 2 aromatic heterocycles. The Labute approximate surface area is 177 Å². The van der Waals surface area contributed by atoms with E-state index in [1.165, 1.54) is 0 Å². The van der Waals surface area contributed by atoms with Crippen LogP contribution in [-0.2, 0) is 24.1 Å². The molecule has 3 rings (SSSR count). The standard InChI is InChI=1S/C22H31N5O3/c1-3-17-20-18(8-6-12-30-13-7-10-23-22(20)29)27(26-17)11-5-4-9-19(28)21-24-14-16(2)15-25-21/h14-15H,3-13H2,1-2H3,(H,23,29). The summed E-state index contributed by atoms with van der Waals surface area (Å²) in [5, 5.41) is 7.72. The van der Waals surface area contributed by atoms with Gasteiger partial charge in [0.25, 0.3) is 5.91 Å². The maximum Gasteiger partial charge on any atom is 0.255 e. The minimum Gasteiger partial charge on any atom is -0.381 e. The topological polar surface area (TPSA) is 99.0 Å². The predicted octanol–water partition coefficient (Wildman–Crippen LogP) is 2.68. The fourth-order valence-electron chi connectivity index (χ4n) is 3.60. The lowest BCUT2D eigenvalue weighted by Gasteiger charge is -2.09. The lowest BCUT2D eigenvalue weighted by molar-refractivity contribution is 0.0941. The van der Waals surface area contributed by atoms with Crippen LogP contribution in [0.3, 0.4) is 0 Å². The number of Topliss-reactive ketones (excluding diaryl/α,β-unsaturated/α-hetero) is 1. The van der Waals surface area contributed by atoms with Gasteiger partial charge in [-0.05, 0) is 51.0 Å². The quantitative estimate of drug-likeness (QED) is 0.553. The maximum absolute atomic E-state index is 12.8. The van der Waals surface area contributed by atoms with Crippen LogP contribution in [0.1, 0.15) is 77.0 Å². The summed E-state index contributed by atoms with van der Waals surface area (Å²) < 4.78 is 7.59. The van der Waals surface area contributed by atoms with Crippen LogP contribution in [0.4, 0.5) is 0 Å². The number of aromatic nitrogens is 4. The first-order chi connectivity index (χ1) is 14.6. The second kappa shape index (κ2) is 11.0. The highest BCUT2D eigenvalue weighted by Gasteiger charge is 2.22. The molecule has 2 aromatic rings. The molecule has 0 fully saturated rings. The summed E-state index contributed by atoms with van der Waals surface area (Å²) in [6.07, 6.45) is 8.39. The summed E-state index contributed by atoms with van der Waals surface area (Å²) in [5.41, 5.74) is 3.48. The van der Waals surface area contributed by atoms with Crippen molar-refractivity contribution >= 4 is 11.7 Å². The Morgan fingerprint density at radius 2 is 1.97 bits per heavy atom. The minimum atomic E-state index is -0.0412. The second-order valence-electron chi connectivity index (χ2n) is 7.63. The largest absolute Gasteiger partial charge is 0.381 e. The van der Waals surface area contributed by atoms with Crippen molar-refractivity contribution in [2.45, 2.75) is 65.3 Å². The molecule has 1 aliphatic heterocycles. The number of nitrogens with zero attached hydrogens (tertiary/aromatic N) is 4. The van der Waals surface area contributed by atoms with E-state index in [9.17, 15) is 9.59 Å². The number of carbonyl (C=O) groups is 2. The van der Waals surface area contributed by atoms with Gasteiger partial charge < -0.3 is 10.1 Å². The number of hydrogen-bond donors (Lipinski definition) is 1. The molecule has 0 unspecified atom stereocenters. The normalized spacial score (nSPS) is 15.2. The highest BCUT2D eigenvalue weighted by Crippen LogP contribution is 2.19. The van der Waals surface area contributed by atoms with E-state index in [0.717, 1.165) is 54.6 Å². The van der Waals surface area contributed by atoms with Crippen LogP contribution >= 0.6 is 0 Å². The molecule has 8 nitrogen and oxygen atoms in total. The van der Waals surface area contributed by atoms with Crippen LogP contribution in [0, 0.1) is 6.92 Å². The summed E-state index contributed by atoms with van der Waals surface area (Å²) in [5.74, 6) is 0.195. The summed E-state index contributed by atoms with van der Waals surface area (Å²) in [6.45, 7) is 6.56. The van der Waals surface area contributed by atoms with Gasteiger partial charge in [-0.1, -0.05) is 6.92 Å². The molecule has 0 atom stereocenters. The molecule has 0 saturated carbocycles. The second-order valence-corrected chi connectivity index (χ2v) is 7.63. The van der Waals surface area contributed by atoms with Crippen LogP contribution in [-0.4, -0.2) is 51.2 Å². The Bertz CT molecular complexity index is 860. The van der Waals surface area contributed by atoms with Crippen molar-refractivity contribution in [2.24, 2.45) is 0 Å². The maximum atomic E-state index is 12.8. The van der Waals surface area contributed by atoms with E-state index in [0.29, 0.717) is 39.1 Å². The van der Waals surface area contributed by atoms with Gasteiger partial charge in [0.2, 0.25) is 0 Å². The fourth-order valence-corrected chi connectivity index (χ4v) is 3.60. The first-order valence-electron chi connectivity index (χ1n) is 10.9. The van der Waals surface area contributed by atoms with E-state index in [1.54, 1.807) is 12.4 Å². The molecule has 0 aromatic carbocycles. The van der Waals surface area contributed by atoms with Crippen molar-refractivity contribution in [3.05, 3.63) is 40.7 Å². The van der Waals surface area contributed by atoms with Gasteiger partial charge in [0.05, 0.1) is 17.0 Å². The van der Waals surface area contributed by atoms with Crippen molar-refractivity contribution in [2.75, 3.05) is 19.8 Å². The van der Waals surface area contributed by atoms with E-state index in [2.05, 4.69) is 15.3 Å². The molecule has 0 saturated heterocycles. The SMILES string of the molecule is CCc1nn(CCCCC(=O)c2ncc(C)cn2)c2c1C(=O)NCCCOCCC2. The van der Waals surface area contributed by atoms with E-state index < -0.39 is 0 Å². The first kappa shape index (κ1) is 22.1. The molecule has 0 aliphatic carbocycles. The predicted molar refractivity (Wildman–Crippen MR) is 113 cm³/mol.